The molecule has 0 bridgehead atoms. The Labute approximate surface area is 164 Å². The van der Waals surface area contributed by atoms with Gasteiger partial charge in [-0.25, -0.2) is 31.4 Å². The quantitative estimate of drug-likeness (QED) is 0.631. The summed E-state index contributed by atoms with van der Waals surface area (Å²) in [6.45, 7) is 1.42. The van der Waals surface area contributed by atoms with Crippen molar-refractivity contribution < 1.29 is 31.1 Å². The van der Waals surface area contributed by atoms with Crippen molar-refractivity contribution in [3.63, 3.8) is 0 Å². The van der Waals surface area contributed by atoms with Crippen LogP contribution >= 0.6 is 0 Å². The Hall–Kier alpha value is -3.37. The highest BCUT2D eigenvalue weighted by molar-refractivity contribution is 5.95. The van der Waals surface area contributed by atoms with Crippen LogP contribution in [0, 0.1) is 23.3 Å². The van der Waals surface area contributed by atoms with Crippen LogP contribution in [0.25, 0.3) is 10.8 Å². The first kappa shape index (κ1) is 21.3. The molecule has 0 aliphatic heterocycles. The highest BCUT2D eigenvalue weighted by Gasteiger charge is 2.27. The third-order valence-corrected chi connectivity index (χ3v) is 4.70. The highest BCUT2D eigenvalue weighted by atomic mass is 19.3. The van der Waals surface area contributed by atoms with Crippen LogP contribution in [0.1, 0.15) is 41.0 Å². The Morgan fingerprint density at radius 1 is 0.967 bits per heavy atom. The monoisotopic (exact) mass is 429 g/mol. The largest absolute Gasteiger partial charge is 0.333 e. The summed E-state index contributed by atoms with van der Waals surface area (Å²) in [6.07, 6.45) is -3.40. The lowest BCUT2D eigenvalue weighted by Crippen LogP contribution is -2.31. The number of carbonyl (C=O) groups is 1. The fourth-order valence-electron chi connectivity index (χ4n) is 2.98. The lowest BCUT2D eigenvalue weighted by atomic mass is 10.0. The van der Waals surface area contributed by atoms with Gasteiger partial charge in [0.2, 0.25) is 0 Å². The molecule has 158 valence electrons. The van der Waals surface area contributed by atoms with Gasteiger partial charge in [0.25, 0.3) is 17.9 Å². The van der Waals surface area contributed by atoms with Crippen molar-refractivity contribution in [1.29, 1.82) is 0 Å². The van der Waals surface area contributed by atoms with Gasteiger partial charge < -0.3 is 4.90 Å². The van der Waals surface area contributed by atoms with Crippen LogP contribution in [-0.2, 0) is 0 Å². The van der Waals surface area contributed by atoms with E-state index >= 15 is 0 Å². The number of hydrogen-bond donors (Lipinski definition) is 1. The Balaban J connectivity index is 2.03. The number of alkyl halides is 2. The predicted octanol–water partition coefficient (Wildman–Crippen LogP) is 4.25. The number of hydrogen-bond acceptors (Lipinski definition) is 3. The topological polar surface area (TPSA) is 66.1 Å². The lowest BCUT2D eigenvalue weighted by molar-refractivity contribution is 0.0738. The van der Waals surface area contributed by atoms with Gasteiger partial charge in [0.1, 0.15) is 11.6 Å². The molecule has 0 unspecified atom stereocenters. The maximum Gasteiger partial charge on any atom is 0.272 e. The number of rotatable bonds is 4. The smallest absolute Gasteiger partial charge is 0.272 e. The van der Waals surface area contributed by atoms with Crippen LogP contribution in [0.2, 0.25) is 0 Å². The van der Waals surface area contributed by atoms with Crippen molar-refractivity contribution in [2.75, 3.05) is 7.05 Å². The molecule has 0 saturated carbocycles. The summed E-state index contributed by atoms with van der Waals surface area (Å²) < 4.78 is 80.2. The zero-order chi connectivity index (χ0) is 22.3. The van der Waals surface area contributed by atoms with Crippen molar-refractivity contribution >= 4 is 16.7 Å². The number of H-pyrrole nitrogens is 1. The standard InChI is InChI=1S/C19H13F6N3O2/c1-7(16-9-5-11(20)12(21)6-10(9)18(29)27-26-16)28(2)19(30)8-3-13(22)15(17(24)25)14(23)4-8/h3-7,17H,1-2H3,(H,27,29)/t7-/m1/s1. The van der Waals surface area contributed by atoms with E-state index in [9.17, 15) is 35.9 Å². The summed E-state index contributed by atoms with van der Waals surface area (Å²) in [7, 11) is 1.22. The van der Waals surface area contributed by atoms with E-state index in [0.717, 1.165) is 11.0 Å². The first-order chi connectivity index (χ1) is 14.0. The summed E-state index contributed by atoms with van der Waals surface area (Å²) in [5.74, 6) is -6.62. The van der Waals surface area contributed by atoms with E-state index < -0.39 is 58.3 Å². The first-order valence-electron chi connectivity index (χ1n) is 8.44. The number of nitrogens with zero attached hydrogens (tertiary/aromatic N) is 2. The maximum atomic E-state index is 13.8. The summed E-state index contributed by atoms with van der Waals surface area (Å²) in [5.41, 5.74) is -2.81. The van der Waals surface area contributed by atoms with E-state index in [-0.39, 0.29) is 16.5 Å². The maximum absolute atomic E-state index is 13.8. The Morgan fingerprint density at radius 3 is 2.03 bits per heavy atom. The second-order valence-corrected chi connectivity index (χ2v) is 6.50. The number of aromatic nitrogens is 2. The van der Waals surface area contributed by atoms with Gasteiger partial charge >= 0.3 is 0 Å². The van der Waals surface area contributed by atoms with Gasteiger partial charge in [-0.15, -0.1) is 0 Å². The molecular weight excluding hydrogens is 416 g/mol. The summed E-state index contributed by atoms with van der Waals surface area (Å²) in [4.78, 5) is 25.5. The molecule has 0 fully saturated rings. The Morgan fingerprint density at radius 2 is 1.50 bits per heavy atom. The molecule has 30 heavy (non-hydrogen) atoms. The molecule has 2 aromatic carbocycles. The molecule has 0 aliphatic carbocycles. The second kappa shape index (κ2) is 7.81. The van der Waals surface area contributed by atoms with Crippen molar-refractivity contribution in [2.45, 2.75) is 19.4 Å². The molecule has 5 nitrogen and oxygen atoms in total. The molecule has 1 heterocycles. The van der Waals surface area contributed by atoms with E-state index in [2.05, 4.69) is 10.2 Å². The van der Waals surface area contributed by atoms with Gasteiger partial charge in [-0.05, 0) is 31.2 Å². The number of fused-ring (bicyclic) bond motifs is 1. The Bertz CT molecular complexity index is 1190. The van der Waals surface area contributed by atoms with Crippen LogP contribution in [0.3, 0.4) is 0 Å². The molecule has 1 aromatic heterocycles. The zero-order valence-corrected chi connectivity index (χ0v) is 15.4. The summed E-state index contributed by atoms with van der Waals surface area (Å²) >= 11 is 0. The van der Waals surface area contributed by atoms with Crippen molar-refractivity contribution in [3.8, 4) is 0 Å². The minimum Gasteiger partial charge on any atom is -0.333 e. The predicted molar refractivity (Wildman–Crippen MR) is 94.1 cm³/mol. The number of halogens is 6. The van der Waals surface area contributed by atoms with Crippen LogP contribution < -0.4 is 5.56 Å². The molecular formula is C19H13F6N3O2. The third-order valence-electron chi connectivity index (χ3n) is 4.70. The molecule has 0 aliphatic rings. The third kappa shape index (κ3) is 3.62. The number of benzene rings is 2. The molecule has 0 spiro atoms. The number of amides is 1. The van der Waals surface area contributed by atoms with E-state index in [4.69, 9.17) is 0 Å². The van der Waals surface area contributed by atoms with Gasteiger partial charge in [0.05, 0.1) is 22.7 Å². The van der Waals surface area contributed by atoms with Crippen LogP contribution in [0.15, 0.2) is 29.1 Å². The average Bonchev–Trinajstić information content (AvgIpc) is 2.67. The molecule has 3 aromatic rings. The first-order valence-corrected chi connectivity index (χ1v) is 8.44. The zero-order valence-electron chi connectivity index (χ0n) is 15.4. The van der Waals surface area contributed by atoms with Crippen molar-refractivity contribution in [1.82, 2.24) is 15.1 Å². The van der Waals surface area contributed by atoms with Crippen molar-refractivity contribution in [2.24, 2.45) is 0 Å². The van der Waals surface area contributed by atoms with Gasteiger partial charge in [-0.1, -0.05) is 0 Å². The Kier molecular flexibility index (Phi) is 5.55. The van der Waals surface area contributed by atoms with Gasteiger partial charge in [0, 0.05) is 18.0 Å². The van der Waals surface area contributed by atoms with Gasteiger partial charge in [0.15, 0.2) is 11.6 Å². The van der Waals surface area contributed by atoms with E-state index in [1.54, 1.807) is 0 Å². The SMILES string of the molecule is C[C@H](c1n[nH]c(=O)c2cc(F)c(F)cc12)N(C)C(=O)c1cc(F)c(C(F)F)c(F)c1. The second-order valence-electron chi connectivity index (χ2n) is 6.50. The van der Waals surface area contributed by atoms with E-state index in [1.807, 2.05) is 0 Å². The van der Waals surface area contributed by atoms with E-state index in [1.165, 1.54) is 14.0 Å². The summed E-state index contributed by atoms with van der Waals surface area (Å²) in [6, 6.07) is 1.39. The summed E-state index contributed by atoms with van der Waals surface area (Å²) in [5, 5.41) is 5.59. The minimum absolute atomic E-state index is 0.0236. The normalized spacial score (nSPS) is 12.4. The fourth-order valence-corrected chi connectivity index (χ4v) is 2.98. The van der Waals surface area contributed by atoms with Crippen LogP contribution in [0.5, 0.6) is 0 Å². The minimum atomic E-state index is -3.40. The van der Waals surface area contributed by atoms with Crippen LogP contribution in [0.4, 0.5) is 26.3 Å². The van der Waals surface area contributed by atoms with Crippen molar-refractivity contribution in [3.05, 3.63) is 74.7 Å². The number of carbonyl (C=O) groups excluding carboxylic acids is 1. The van der Waals surface area contributed by atoms with Gasteiger partial charge in [-0.3, -0.25) is 9.59 Å². The molecule has 1 amide bonds. The van der Waals surface area contributed by atoms with E-state index in [0.29, 0.717) is 18.2 Å². The molecule has 1 N–H and O–H groups in total. The average molecular weight is 429 g/mol. The van der Waals surface area contributed by atoms with Gasteiger partial charge in [-0.2, -0.15) is 5.10 Å². The molecule has 11 heteroatoms. The fraction of sp³-hybridized carbons (Fsp3) is 0.211. The molecule has 0 saturated heterocycles. The number of nitrogens with one attached hydrogen (secondary N) is 1. The highest BCUT2D eigenvalue weighted by Crippen LogP contribution is 2.29. The molecule has 0 radical (unpaired) electrons. The number of aromatic amines is 1. The van der Waals surface area contributed by atoms with Crippen LogP contribution in [-0.4, -0.2) is 28.1 Å². The molecule has 1 atom stereocenters. The lowest BCUT2D eigenvalue weighted by Gasteiger charge is -2.25. The molecule has 3 rings (SSSR count).